The van der Waals surface area contributed by atoms with E-state index in [9.17, 15) is 13.2 Å². The first-order valence-electron chi connectivity index (χ1n) is 11.2. The van der Waals surface area contributed by atoms with Crippen LogP contribution in [0.1, 0.15) is 12.8 Å². The molecule has 9 nitrogen and oxygen atoms in total. The van der Waals surface area contributed by atoms with Gasteiger partial charge in [0.15, 0.2) is 16.3 Å². The van der Waals surface area contributed by atoms with Crippen molar-refractivity contribution in [2.24, 2.45) is 10.9 Å². The zero-order valence-electron chi connectivity index (χ0n) is 20.3. The number of carbonyl (C=O) groups excluding carboxylic acids is 1. The van der Waals surface area contributed by atoms with Crippen LogP contribution in [0.15, 0.2) is 46.3 Å². The average molecular weight is 530 g/mol. The molecule has 1 saturated heterocycles. The third-order valence-corrected chi connectivity index (χ3v) is 8.99. The van der Waals surface area contributed by atoms with Crippen LogP contribution in [0.4, 0.5) is 0 Å². The Hall–Kier alpha value is -3.33. The first-order chi connectivity index (χ1) is 17.3. The van der Waals surface area contributed by atoms with Crippen molar-refractivity contribution in [2.75, 3.05) is 34.4 Å². The Labute approximate surface area is 214 Å². The Kier molecular flexibility index (Phi) is 7.68. The zero-order chi connectivity index (χ0) is 25.9. The minimum absolute atomic E-state index is 0.0678. The number of methoxy groups -OCH3 is 3. The molecule has 36 heavy (non-hydrogen) atoms. The van der Waals surface area contributed by atoms with Crippen LogP contribution in [-0.4, -0.2) is 57.6 Å². The van der Waals surface area contributed by atoms with Gasteiger partial charge >= 0.3 is 0 Å². The fourth-order valence-electron chi connectivity index (χ4n) is 4.17. The van der Waals surface area contributed by atoms with E-state index >= 15 is 0 Å². The monoisotopic (exact) mass is 529 g/mol. The van der Waals surface area contributed by atoms with Gasteiger partial charge in [-0.1, -0.05) is 17.3 Å². The molecule has 3 aromatic rings. The Morgan fingerprint density at radius 1 is 1.14 bits per heavy atom. The van der Waals surface area contributed by atoms with E-state index in [1.165, 1.54) is 34.9 Å². The number of hydrogen-bond donors (Lipinski definition) is 0. The maximum Gasteiger partial charge on any atom is 0.252 e. The molecule has 4 rings (SSSR count). The van der Waals surface area contributed by atoms with E-state index in [4.69, 9.17) is 20.6 Å². The van der Waals surface area contributed by atoms with Gasteiger partial charge in [-0.3, -0.25) is 4.79 Å². The van der Waals surface area contributed by atoms with Crippen LogP contribution < -0.4 is 19.0 Å². The number of carbonyl (C=O) groups is 1. The minimum atomic E-state index is -3.75. The lowest BCUT2D eigenvalue weighted by atomic mass is 9.99. The lowest BCUT2D eigenvalue weighted by Crippen LogP contribution is -2.42. The zero-order valence-corrected chi connectivity index (χ0v) is 21.9. The van der Waals surface area contributed by atoms with Gasteiger partial charge in [-0.15, -0.1) is 6.42 Å². The van der Waals surface area contributed by atoms with Gasteiger partial charge in [-0.25, -0.2) is 8.42 Å². The van der Waals surface area contributed by atoms with E-state index in [1.54, 1.807) is 37.0 Å². The largest absolute Gasteiger partial charge is 0.497 e. The summed E-state index contributed by atoms with van der Waals surface area (Å²) in [6.45, 7) is 0.625. The highest BCUT2D eigenvalue weighted by Crippen LogP contribution is 2.33. The number of amides is 1. The first kappa shape index (κ1) is 25.8. The fraction of sp³-hybridized carbons (Fsp3) is 0.360. The quantitative estimate of drug-likeness (QED) is 0.437. The van der Waals surface area contributed by atoms with Crippen molar-refractivity contribution >= 4 is 37.5 Å². The molecule has 190 valence electrons. The number of piperidine rings is 1. The number of hydrogen-bond acceptors (Lipinski definition) is 7. The predicted molar refractivity (Wildman–Crippen MR) is 137 cm³/mol. The number of benzene rings is 2. The lowest BCUT2D eigenvalue weighted by molar-refractivity contribution is -0.122. The number of ether oxygens (including phenoxy) is 3. The van der Waals surface area contributed by atoms with E-state index in [-0.39, 0.29) is 23.9 Å². The third-order valence-electron chi connectivity index (χ3n) is 6.07. The summed E-state index contributed by atoms with van der Waals surface area (Å²) in [7, 11) is 0.865. The van der Waals surface area contributed by atoms with Gasteiger partial charge in [0.2, 0.25) is 10.0 Å². The van der Waals surface area contributed by atoms with E-state index in [0.717, 1.165) is 10.2 Å². The molecule has 0 radical (unpaired) electrons. The molecule has 0 aliphatic carbocycles. The molecule has 11 heteroatoms. The van der Waals surface area contributed by atoms with Crippen molar-refractivity contribution in [2.45, 2.75) is 24.3 Å². The van der Waals surface area contributed by atoms with E-state index in [2.05, 4.69) is 10.9 Å². The van der Waals surface area contributed by atoms with Crippen molar-refractivity contribution < 1.29 is 27.4 Å². The molecule has 0 N–H and O–H groups in total. The normalized spacial score (nSPS) is 17.1. The molecular weight excluding hydrogens is 502 g/mol. The van der Waals surface area contributed by atoms with Crippen LogP contribution in [0.3, 0.4) is 0 Å². The molecule has 1 amide bonds. The molecule has 1 aliphatic heterocycles. The summed E-state index contributed by atoms with van der Waals surface area (Å²) in [5.41, 5.74) is 0.773. The number of thiazole rings is 1. The number of terminal acetylenes is 1. The summed E-state index contributed by atoms with van der Waals surface area (Å²) in [6, 6.07) is 9.84. The predicted octanol–water partition coefficient (Wildman–Crippen LogP) is 2.89. The summed E-state index contributed by atoms with van der Waals surface area (Å²) >= 11 is 1.31. The van der Waals surface area contributed by atoms with Gasteiger partial charge in [0.1, 0.15) is 5.75 Å². The standard InChI is InChI=1S/C25H27N3O6S2/c1-5-12-28-20-14-21(33-3)22(34-4)15-23(20)35-25(28)26-24(29)17-7-6-13-27(16-17)36(30,31)19-10-8-18(32-2)9-11-19/h1,8-11,14-15,17H,6-7,12-13,16H2,2-4H3. The highest BCUT2D eigenvalue weighted by molar-refractivity contribution is 7.89. The van der Waals surface area contributed by atoms with Gasteiger partial charge in [-0.2, -0.15) is 9.30 Å². The Bertz CT molecular complexity index is 1480. The highest BCUT2D eigenvalue weighted by Gasteiger charge is 2.33. The van der Waals surface area contributed by atoms with E-state index < -0.39 is 15.9 Å². The highest BCUT2D eigenvalue weighted by atomic mass is 32.2. The topological polar surface area (TPSA) is 99.4 Å². The molecular formula is C25H27N3O6S2. The summed E-state index contributed by atoms with van der Waals surface area (Å²) in [4.78, 5) is 18.2. The SMILES string of the molecule is C#CCn1c(=NC(=O)C2CCCN(S(=O)(=O)c3ccc(OC)cc3)C2)sc2cc(OC)c(OC)cc21. The van der Waals surface area contributed by atoms with Gasteiger partial charge in [0, 0.05) is 25.2 Å². The van der Waals surface area contributed by atoms with Crippen LogP contribution >= 0.6 is 11.3 Å². The number of nitrogens with zero attached hydrogens (tertiary/aromatic N) is 3. The molecule has 1 unspecified atom stereocenters. The number of aromatic nitrogens is 1. The van der Waals surface area contributed by atoms with E-state index in [1.807, 2.05) is 6.07 Å². The van der Waals surface area contributed by atoms with Crippen molar-refractivity contribution in [3.8, 4) is 29.6 Å². The second kappa shape index (κ2) is 10.7. The van der Waals surface area contributed by atoms with Gasteiger partial charge in [-0.05, 0) is 37.1 Å². The molecule has 2 heterocycles. The molecule has 2 aromatic carbocycles. The van der Waals surface area contributed by atoms with Crippen LogP contribution in [0.5, 0.6) is 17.2 Å². The maximum atomic E-state index is 13.2. The van der Waals surface area contributed by atoms with Crippen molar-refractivity contribution in [3.63, 3.8) is 0 Å². The first-order valence-corrected chi connectivity index (χ1v) is 13.5. The third kappa shape index (κ3) is 4.97. The van der Waals surface area contributed by atoms with Gasteiger partial charge < -0.3 is 18.8 Å². The summed E-state index contributed by atoms with van der Waals surface area (Å²) < 4.78 is 46.2. The Morgan fingerprint density at radius 2 is 1.83 bits per heavy atom. The van der Waals surface area contributed by atoms with Crippen molar-refractivity contribution in [1.29, 1.82) is 0 Å². The van der Waals surface area contributed by atoms with E-state index in [0.29, 0.717) is 41.4 Å². The molecule has 1 aliphatic rings. The number of sulfonamides is 1. The summed E-state index contributed by atoms with van der Waals surface area (Å²) in [6.07, 6.45) is 6.71. The Morgan fingerprint density at radius 3 is 2.47 bits per heavy atom. The van der Waals surface area contributed by atoms with Crippen LogP contribution in [0.2, 0.25) is 0 Å². The van der Waals surface area contributed by atoms with Gasteiger partial charge in [0.25, 0.3) is 5.91 Å². The molecule has 1 aromatic heterocycles. The maximum absolute atomic E-state index is 13.2. The number of rotatable bonds is 7. The van der Waals surface area contributed by atoms with Crippen LogP contribution in [0.25, 0.3) is 10.2 Å². The summed E-state index contributed by atoms with van der Waals surface area (Å²) in [5.74, 6) is 3.34. The van der Waals surface area contributed by atoms with Crippen LogP contribution in [-0.2, 0) is 21.4 Å². The second-order valence-corrected chi connectivity index (χ2v) is 11.1. The van der Waals surface area contributed by atoms with Crippen molar-refractivity contribution in [1.82, 2.24) is 8.87 Å². The lowest BCUT2D eigenvalue weighted by Gasteiger charge is -2.30. The average Bonchev–Trinajstić information content (AvgIpc) is 3.23. The molecule has 0 bridgehead atoms. The smallest absolute Gasteiger partial charge is 0.252 e. The molecule has 0 spiro atoms. The van der Waals surface area contributed by atoms with Crippen LogP contribution in [0, 0.1) is 18.3 Å². The minimum Gasteiger partial charge on any atom is -0.497 e. The number of fused-ring (bicyclic) bond motifs is 1. The summed E-state index contributed by atoms with van der Waals surface area (Å²) in [5, 5.41) is 0. The Balaban J connectivity index is 1.64. The van der Waals surface area contributed by atoms with Crippen molar-refractivity contribution in [3.05, 3.63) is 41.2 Å². The molecule has 1 atom stereocenters. The molecule has 0 saturated carbocycles. The molecule has 1 fully saturated rings. The van der Waals surface area contributed by atoms with Gasteiger partial charge in [0.05, 0.1) is 48.9 Å². The second-order valence-electron chi connectivity index (χ2n) is 8.18. The fourth-order valence-corrected chi connectivity index (χ4v) is 6.74.